The van der Waals surface area contributed by atoms with Crippen molar-refractivity contribution in [3.8, 4) is 11.4 Å². The van der Waals surface area contributed by atoms with Gasteiger partial charge in [-0.3, -0.25) is 0 Å². The molecular weight excluding hydrogens is 419 g/mol. The molecule has 0 spiro atoms. The summed E-state index contributed by atoms with van der Waals surface area (Å²) in [6.45, 7) is 0.424. The molecule has 1 saturated carbocycles. The summed E-state index contributed by atoms with van der Waals surface area (Å²) in [6, 6.07) is 9.02. The number of rotatable bonds is 5. The molecule has 1 fully saturated rings. The number of nitrogens with zero attached hydrogens (tertiary/aromatic N) is 6. The third-order valence-corrected chi connectivity index (χ3v) is 5.02. The zero-order valence-corrected chi connectivity index (χ0v) is 16.2. The summed E-state index contributed by atoms with van der Waals surface area (Å²) in [5.41, 5.74) is 1.26. The SMILES string of the molecule is FC(F)(F)c1cn(C2CC2)c(-c2ccc(CNc3nc(Cl)nc4ccnn34)cc2)n1. The van der Waals surface area contributed by atoms with E-state index < -0.39 is 11.9 Å². The van der Waals surface area contributed by atoms with Crippen molar-refractivity contribution in [3.63, 3.8) is 0 Å². The second kappa shape index (κ2) is 6.98. The lowest BCUT2D eigenvalue weighted by Gasteiger charge is -2.09. The first kappa shape index (κ1) is 18.9. The van der Waals surface area contributed by atoms with Gasteiger partial charge in [0.15, 0.2) is 11.3 Å². The maximum atomic E-state index is 13.1. The summed E-state index contributed by atoms with van der Waals surface area (Å²) < 4.78 is 42.5. The Bertz CT molecular complexity index is 1210. The van der Waals surface area contributed by atoms with E-state index in [0.29, 0.717) is 29.5 Å². The lowest BCUT2D eigenvalue weighted by Crippen LogP contribution is -2.08. The fourth-order valence-corrected chi connectivity index (χ4v) is 3.41. The maximum Gasteiger partial charge on any atom is 0.434 e. The zero-order valence-electron chi connectivity index (χ0n) is 15.4. The molecule has 11 heteroatoms. The number of alkyl halides is 3. The van der Waals surface area contributed by atoms with Crippen LogP contribution in [0.25, 0.3) is 17.0 Å². The topological polar surface area (TPSA) is 72.9 Å². The Balaban J connectivity index is 1.37. The average molecular weight is 434 g/mol. The average Bonchev–Trinajstić information content (AvgIpc) is 3.26. The van der Waals surface area contributed by atoms with Gasteiger partial charge in [0.25, 0.3) is 0 Å². The van der Waals surface area contributed by atoms with Gasteiger partial charge in [0.05, 0.1) is 6.20 Å². The Hall–Kier alpha value is -3.14. The van der Waals surface area contributed by atoms with Gasteiger partial charge in [-0.15, -0.1) is 0 Å². The highest BCUT2D eigenvalue weighted by Gasteiger charge is 2.37. The van der Waals surface area contributed by atoms with E-state index in [1.54, 1.807) is 29.0 Å². The first-order chi connectivity index (χ1) is 14.4. The molecule has 1 aromatic carbocycles. The van der Waals surface area contributed by atoms with Crippen molar-refractivity contribution in [2.24, 2.45) is 0 Å². The highest BCUT2D eigenvalue weighted by atomic mass is 35.5. The van der Waals surface area contributed by atoms with Crippen molar-refractivity contribution in [1.82, 2.24) is 29.1 Å². The summed E-state index contributed by atoms with van der Waals surface area (Å²) in [5, 5.41) is 7.40. The summed E-state index contributed by atoms with van der Waals surface area (Å²) in [4.78, 5) is 12.1. The van der Waals surface area contributed by atoms with Crippen molar-refractivity contribution in [2.45, 2.75) is 31.6 Å². The molecule has 4 aromatic rings. The third kappa shape index (κ3) is 3.58. The van der Waals surface area contributed by atoms with E-state index in [2.05, 4.69) is 25.4 Å². The zero-order chi connectivity index (χ0) is 20.9. The van der Waals surface area contributed by atoms with Crippen molar-refractivity contribution >= 4 is 23.2 Å². The van der Waals surface area contributed by atoms with E-state index in [0.717, 1.165) is 24.6 Å². The molecule has 154 valence electrons. The summed E-state index contributed by atoms with van der Waals surface area (Å²) >= 11 is 5.94. The number of anilines is 1. The van der Waals surface area contributed by atoms with Crippen molar-refractivity contribution in [2.75, 3.05) is 5.32 Å². The molecule has 5 rings (SSSR count). The number of nitrogens with one attached hydrogen (secondary N) is 1. The Morgan fingerprint density at radius 1 is 1.07 bits per heavy atom. The smallest absolute Gasteiger partial charge is 0.350 e. The molecule has 3 heterocycles. The molecule has 7 nitrogen and oxygen atoms in total. The lowest BCUT2D eigenvalue weighted by molar-refractivity contribution is -0.140. The van der Waals surface area contributed by atoms with Crippen molar-refractivity contribution in [1.29, 1.82) is 0 Å². The van der Waals surface area contributed by atoms with Crippen LogP contribution in [0.2, 0.25) is 5.28 Å². The van der Waals surface area contributed by atoms with Crippen LogP contribution in [-0.2, 0) is 12.7 Å². The molecule has 1 aliphatic carbocycles. The molecule has 0 amide bonds. The minimum absolute atomic E-state index is 0.0870. The number of hydrogen-bond donors (Lipinski definition) is 1. The lowest BCUT2D eigenvalue weighted by atomic mass is 10.1. The number of halogens is 4. The van der Waals surface area contributed by atoms with E-state index >= 15 is 0 Å². The predicted molar refractivity (Wildman–Crippen MR) is 104 cm³/mol. The maximum absolute atomic E-state index is 13.1. The minimum Gasteiger partial charge on any atom is -0.350 e. The second-order valence-corrected chi connectivity index (χ2v) is 7.39. The first-order valence-corrected chi connectivity index (χ1v) is 9.63. The van der Waals surface area contributed by atoms with Gasteiger partial charge in [-0.25, -0.2) is 4.98 Å². The van der Waals surface area contributed by atoms with Crippen LogP contribution in [0.15, 0.2) is 42.7 Å². The number of hydrogen-bond acceptors (Lipinski definition) is 5. The number of fused-ring (bicyclic) bond motifs is 1. The summed E-state index contributed by atoms with van der Waals surface area (Å²) in [6.07, 6.45) is -0.0261. The fraction of sp³-hybridized carbons (Fsp3) is 0.263. The summed E-state index contributed by atoms with van der Waals surface area (Å²) in [7, 11) is 0. The second-order valence-electron chi connectivity index (χ2n) is 7.05. The van der Waals surface area contributed by atoms with Crippen LogP contribution < -0.4 is 5.32 Å². The van der Waals surface area contributed by atoms with E-state index in [-0.39, 0.29) is 11.3 Å². The van der Waals surface area contributed by atoms with Gasteiger partial charge in [-0.2, -0.15) is 32.8 Å². The summed E-state index contributed by atoms with van der Waals surface area (Å²) in [5.74, 6) is 0.781. The molecule has 0 bridgehead atoms. The van der Waals surface area contributed by atoms with Crippen LogP contribution in [0.5, 0.6) is 0 Å². The van der Waals surface area contributed by atoms with E-state index in [4.69, 9.17) is 11.6 Å². The number of imidazole rings is 1. The third-order valence-electron chi connectivity index (χ3n) is 4.85. The van der Waals surface area contributed by atoms with Gasteiger partial charge in [0, 0.05) is 30.4 Å². The van der Waals surface area contributed by atoms with Crippen LogP contribution in [0.1, 0.15) is 30.1 Å². The largest absolute Gasteiger partial charge is 0.434 e. The molecule has 1 aliphatic rings. The van der Waals surface area contributed by atoms with Gasteiger partial charge in [0.2, 0.25) is 11.2 Å². The molecule has 30 heavy (non-hydrogen) atoms. The first-order valence-electron chi connectivity index (χ1n) is 9.25. The highest BCUT2D eigenvalue weighted by Crippen LogP contribution is 2.40. The van der Waals surface area contributed by atoms with Crippen LogP contribution in [0, 0.1) is 0 Å². The Morgan fingerprint density at radius 2 is 1.83 bits per heavy atom. The number of benzene rings is 1. The Labute approximate surface area is 173 Å². The quantitative estimate of drug-likeness (QED) is 0.497. The van der Waals surface area contributed by atoms with E-state index in [1.807, 2.05) is 12.1 Å². The van der Waals surface area contributed by atoms with Gasteiger partial charge in [-0.05, 0) is 30.0 Å². The fourth-order valence-electron chi connectivity index (χ4n) is 3.24. The molecule has 0 unspecified atom stereocenters. The molecular formula is C19H15ClF3N7. The van der Waals surface area contributed by atoms with Crippen molar-refractivity contribution < 1.29 is 13.2 Å². The Morgan fingerprint density at radius 3 is 2.53 bits per heavy atom. The van der Waals surface area contributed by atoms with Crippen molar-refractivity contribution in [3.05, 3.63) is 59.3 Å². The van der Waals surface area contributed by atoms with E-state index in [1.165, 1.54) is 4.52 Å². The molecule has 0 aliphatic heterocycles. The molecule has 3 aromatic heterocycles. The number of aromatic nitrogens is 6. The molecule has 1 N–H and O–H groups in total. The normalized spacial score (nSPS) is 14.4. The van der Waals surface area contributed by atoms with Gasteiger partial charge >= 0.3 is 6.18 Å². The van der Waals surface area contributed by atoms with Crippen LogP contribution in [0.3, 0.4) is 0 Å². The molecule has 0 saturated heterocycles. The van der Waals surface area contributed by atoms with Crippen LogP contribution >= 0.6 is 11.6 Å². The molecule has 0 radical (unpaired) electrons. The Kier molecular flexibility index (Phi) is 4.39. The molecule has 0 atom stereocenters. The van der Waals surface area contributed by atoms with E-state index in [9.17, 15) is 13.2 Å². The predicted octanol–water partition coefficient (Wildman–Crippen LogP) is 4.61. The van der Waals surface area contributed by atoms with Crippen LogP contribution in [-0.4, -0.2) is 29.1 Å². The van der Waals surface area contributed by atoms with Gasteiger partial charge < -0.3 is 9.88 Å². The van der Waals surface area contributed by atoms with Gasteiger partial charge in [0.1, 0.15) is 5.82 Å². The standard InChI is InChI=1S/C19H15ClF3N7/c20-17-27-15-7-8-25-30(15)18(28-17)24-9-11-1-3-12(4-2-11)16-26-14(19(21,22)23)10-29(16)13-5-6-13/h1-4,7-8,10,13H,5-6,9H2,(H,24,27,28). The van der Waals surface area contributed by atoms with Crippen LogP contribution in [0.4, 0.5) is 19.1 Å². The minimum atomic E-state index is -4.46. The monoisotopic (exact) mass is 433 g/mol. The highest BCUT2D eigenvalue weighted by molar-refractivity contribution is 6.28. The van der Waals surface area contributed by atoms with Gasteiger partial charge in [-0.1, -0.05) is 24.3 Å².